The van der Waals surface area contributed by atoms with Crippen molar-refractivity contribution < 1.29 is 14.6 Å². The average molecular weight is 468 g/mol. The first-order valence-corrected chi connectivity index (χ1v) is 11.9. The van der Waals surface area contributed by atoms with Gasteiger partial charge in [-0.1, -0.05) is 27.7 Å². The number of aliphatic hydroxyl groups is 1. The Hall–Kier alpha value is 0.890. The lowest BCUT2D eigenvalue weighted by Crippen LogP contribution is -2.53. The van der Waals surface area contributed by atoms with Crippen LogP contribution in [0.1, 0.15) is 40.5 Å². The molecule has 0 aliphatic heterocycles. The zero-order valence-electron chi connectivity index (χ0n) is 11.1. The Balaban J connectivity index is 0.00000121. The summed E-state index contributed by atoms with van der Waals surface area (Å²) >= 11 is 4.24. The van der Waals surface area contributed by atoms with Crippen molar-refractivity contribution in [2.24, 2.45) is 16.7 Å². The molecule has 5 heteroatoms. The summed E-state index contributed by atoms with van der Waals surface area (Å²) in [6.45, 7) is 8.12. The van der Waals surface area contributed by atoms with Gasteiger partial charge in [-0.25, -0.2) is 0 Å². The number of halogens is 2. The van der Waals surface area contributed by atoms with E-state index in [9.17, 15) is 9.90 Å². The van der Waals surface area contributed by atoms with E-state index in [2.05, 4.69) is 37.2 Å². The summed E-state index contributed by atoms with van der Waals surface area (Å²) in [7, 11) is 1.43. The van der Waals surface area contributed by atoms with Crippen molar-refractivity contribution in [3.05, 3.63) is 0 Å². The van der Waals surface area contributed by atoms with Crippen LogP contribution in [0.15, 0.2) is 0 Å². The van der Waals surface area contributed by atoms with Gasteiger partial charge in [-0.2, -0.15) is 0 Å². The third-order valence-corrected chi connectivity index (χ3v) is 4.58. The van der Waals surface area contributed by atoms with Gasteiger partial charge in [0.1, 0.15) is 0 Å². The molecule has 0 radical (unpaired) electrons. The number of hydrogen-bond acceptors (Lipinski definition) is 3. The van der Waals surface area contributed by atoms with Crippen molar-refractivity contribution in [1.82, 2.24) is 0 Å². The fourth-order valence-corrected chi connectivity index (χ4v) is 2.48. The van der Waals surface area contributed by atoms with Crippen molar-refractivity contribution in [2.45, 2.75) is 46.6 Å². The quantitative estimate of drug-likeness (QED) is 0.472. The first-order valence-electron chi connectivity index (χ1n) is 5.65. The Kier molecular flexibility index (Phi) is 7.24. The summed E-state index contributed by atoms with van der Waals surface area (Å²) in [6, 6.07) is 0. The molecule has 0 spiro atoms. The smallest absolute Gasteiger partial charge is 0.309 e. The van der Waals surface area contributed by atoms with Crippen LogP contribution in [-0.4, -0.2) is 24.3 Å². The maximum absolute atomic E-state index is 11.7. The van der Waals surface area contributed by atoms with E-state index in [1.165, 1.54) is 7.11 Å². The molecule has 2 atom stereocenters. The largest absolute Gasteiger partial charge is 0.469 e. The highest BCUT2D eigenvalue weighted by Crippen LogP contribution is 2.53. The molecular formula is C12H22I2O3. The van der Waals surface area contributed by atoms with Crippen molar-refractivity contribution in [2.75, 3.05) is 7.11 Å². The SMILES string of the molecule is COC(=O)C1CCC(O)C(C)(C)C1(C)C.II. The van der Waals surface area contributed by atoms with Gasteiger partial charge in [0.15, 0.2) is 0 Å². The van der Waals surface area contributed by atoms with Gasteiger partial charge in [0, 0.05) is 37.2 Å². The molecule has 0 heterocycles. The van der Waals surface area contributed by atoms with Gasteiger partial charge in [0.2, 0.25) is 0 Å². The minimum absolute atomic E-state index is 0.110. The Labute approximate surface area is 127 Å². The molecule has 0 bridgehead atoms. The summed E-state index contributed by atoms with van der Waals surface area (Å²) in [5, 5.41) is 9.99. The molecular weight excluding hydrogens is 446 g/mol. The maximum atomic E-state index is 11.7. The molecule has 1 fully saturated rings. The van der Waals surface area contributed by atoms with Gasteiger partial charge in [-0.05, 0) is 23.7 Å². The Morgan fingerprint density at radius 3 is 2.06 bits per heavy atom. The average Bonchev–Trinajstić information content (AvgIpc) is 2.29. The number of carbonyl (C=O) groups excluding carboxylic acids is 1. The summed E-state index contributed by atoms with van der Waals surface area (Å²) in [6.07, 6.45) is 1.05. The fraction of sp³-hybridized carbons (Fsp3) is 0.917. The van der Waals surface area contributed by atoms with Gasteiger partial charge < -0.3 is 9.84 Å². The Morgan fingerprint density at radius 2 is 1.65 bits per heavy atom. The predicted molar refractivity (Wildman–Crippen MR) is 86.3 cm³/mol. The second kappa shape index (κ2) is 6.88. The van der Waals surface area contributed by atoms with Gasteiger partial charge in [0.05, 0.1) is 19.1 Å². The van der Waals surface area contributed by atoms with E-state index < -0.39 is 0 Å². The molecule has 1 aliphatic rings. The number of esters is 1. The molecule has 1 aliphatic carbocycles. The van der Waals surface area contributed by atoms with Crippen LogP contribution in [0, 0.1) is 16.7 Å². The summed E-state index contributed by atoms with van der Waals surface area (Å²) in [5.74, 6) is -0.263. The van der Waals surface area contributed by atoms with Crippen molar-refractivity contribution in [3.8, 4) is 0 Å². The number of ether oxygens (including phenoxy) is 1. The predicted octanol–water partition coefficient (Wildman–Crippen LogP) is 3.75. The van der Waals surface area contributed by atoms with Crippen LogP contribution < -0.4 is 0 Å². The lowest BCUT2D eigenvalue weighted by Gasteiger charge is -2.52. The highest BCUT2D eigenvalue weighted by molar-refractivity contribution is 15.0. The van der Waals surface area contributed by atoms with Crippen molar-refractivity contribution in [3.63, 3.8) is 0 Å². The summed E-state index contributed by atoms with van der Waals surface area (Å²) < 4.78 is 4.83. The van der Waals surface area contributed by atoms with Crippen LogP contribution in [0.4, 0.5) is 0 Å². The van der Waals surface area contributed by atoms with E-state index in [-0.39, 0.29) is 28.8 Å². The molecule has 17 heavy (non-hydrogen) atoms. The first kappa shape index (κ1) is 17.9. The molecule has 2 unspecified atom stereocenters. The molecule has 0 amide bonds. The van der Waals surface area contributed by atoms with Crippen LogP contribution >= 0.6 is 37.2 Å². The van der Waals surface area contributed by atoms with Crippen molar-refractivity contribution in [1.29, 1.82) is 0 Å². The van der Waals surface area contributed by atoms with E-state index in [0.29, 0.717) is 12.8 Å². The van der Waals surface area contributed by atoms with Crippen molar-refractivity contribution >= 4 is 43.2 Å². The summed E-state index contributed by atoms with van der Waals surface area (Å²) in [4.78, 5) is 11.7. The molecule has 1 rings (SSSR count). The van der Waals surface area contributed by atoms with Gasteiger partial charge >= 0.3 is 5.97 Å². The molecule has 0 aromatic heterocycles. The van der Waals surface area contributed by atoms with E-state index in [0.717, 1.165) is 0 Å². The van der Waals surface area contributed by atoms with Crippen LogP contribution in [0.25, 0.3) is 0 Å². The molecule has 3 nitrogen and oxygen atoms in total. The third-order valence-electron chi connectivity index (χ3n) is 4.58. The number of aliphatic hydroxyl groups excluding tert-OH is 1. The maximum Gasteiger partial charge on any atom is 0.309 e. The van der Waals surface area contributed by atoms with E-state index in [4.69, 9.17) is 4.74 Å². The number of rotatable bonds is 1. The van der Waals surface area contributed by atoms with Crippen LogP contribution in [0.2, 0.25) is 0 Å². The molecule has 1 N–H and O–H groups in total. The van der Waals surface area contributed by atoms with Crippen LogP contribution in [0.3, 0.4) is 0 Å². The van der Waals surface area contributed by atoms with Gasteiger partial charge in [-0.15, -0.1) is 0 Å². The first-order chi connectivity index (χ1) is 7.75. The molecule has 0 aromatic carbocycles. The van der Waals surface area contributed by atoms with Crippen LogP contribution in [-0.2, 0) is 9.53 Å². The normalized spacial score (nSPS) is 29.9. The molecule has 1 saturated carbocycles. The second-order valence-corrected chi connectivity index (χ2v) is 5.61. The lowest BCUT2D eigenvalue weighted by atomic mass is 9.53. The summed E-state index contributed by atoms with van der Waals surface area (Å²) in [5.41, 5.74) is -0.498. The van der Waals surface area contributed by atoms with E-state index >= 15 is 0 Å². The lowest BCUT2D eigenvalue weighted by molar-refractivity contribution is -0.166. The molecule has 0 saturated heterocycles. The van der Waals surface area contributed by atoms with Crippen LogP contribution in [0.5, 0.6) is 0 Å². The zero-order valence-corrected chi connectivity index (χ0v) is 15.4. The minimum Gasteiger partial charge on any atom is -0.469 e. The number of methoxy groups -OCH3 is 1. The number of carbonyl (C=O) groups is 1. The number of hydrogen-bond donors (Lipinski definition) is 1. The van der Waals surface area contributed by atoms with Gasteiger partial charge in [0.25, 0.3) is 0 Å². The highest BCUT2D eigenvalue weighted by atomic mass is 128. The van der Waals surface area contributed by atoms with E-state index in [1.54, 1.807) is 0 Å². The fourth-order valence-electron chi connectivity index (χ4n) is 2.48. The molecule has 102 valence electrons. The minimum atomic E-state index is -0.339. The van der Waals surface area contributed by atoms with Gasteiger partial charge in [-0.3, -0.25) is 4.79 Å². The zero-order chi connectivity index (χ0) is 13.9. The Morgan fingerprint density at radius 1 is 1.18 bits per heavy atom. The topological polar surface area (TPSA) is 46.5 Å². The highest BCUT2D eigenvalue weighted by Gasteiger charge is 2.53. The third kappa shape index (κ3) is 3.46. The van der Waals surface area contributed by atoms with E-state index in [1.807, 2.05) is 27.7 Å². The second-order valence-electron chi connectivity index (χ2n) is 5.61. The monoisotopic (exact) mass is 468 g/mol. The standard InChI is InChI=1S/C12H22O3.I2/c1-11(2)8(10(14)15-5)6-7-9(13)12(11,3)4;1-2/h8-9,13H,6-7H2,1-5H3;. The Bertz CT molecular complexity index is 264. The molecule has 0 aromatic rings.